The highest BCUT2D eigenvalue weighted by Gasteiger charge is 2.37. The first-order valence-electron chi connectivity index (χ1n) is 10.9. The molecule has 1 fully saturated rings. The number of carboxylic acid groups (broad SMARTS) is 1. The van der Waals surface area contributed by atoms with Crippen molar-refractivity contribution < 1.29 is 27.6 Å². The highest BCUT2D eigenvalue weighted by atomic mass is 32.2. The van der Waals surface area contributed by atoms with Crippen LogP contribution in [0.3, 0.4) is 0 Å². The van der Waals surface area contributed by atoms with E-state index in [1.165, 1.54) is 23.3 Å². The van der Waals surface area contributed by atoms with E-state index >= 15 is 0 Å². The van der Waals surface area contributed by atoms with E-state index in [4.69, 9.17) is 5.26 Å². The normalized spacial score (nSPS) is 19.2. The van der Waals surface area contributed by atoms with Crippen molar-refractivity contribution in [2.24, 2.45) is 0 Å². The fourth-order valence-corrected chi connectivity index (χ4v) is 5.01. The Bertz CT molecular complexity index is 1160. The van der Waals surface area contributed by atoms with Gasteiger partial charge in [0.15, 0.2) is 0 Å². The molecule has 0 radical (unpaired) electrons. The Balaban J connectivity index is 1.70. The maximum atomic E-state index is 13.6. The van der Waals surface area contributed by atoms with Crippen LogP contribution in [0.15, 0.2) is 29.4 Å². The van der Waals surface area contributed by atoms with Gasteiger partial charge in [0.25, 0.3) is 0 Å². The van der Waals surface area contributed by atoms with Gasteiger partial charge >= 0.3 is 17.4 Å². The van der Waals surface area contributed by atoms with Crippen LogP contribution in [0.1, 0.15) is 23.2 Å². The SMILES string of the molecule is C[S+]([O-])c1nc2c(c(N3CCN(C(=O)O)C(CC#N)C3)n1)CCN(c1ccccc1C(F)(F)F)C2. The third-order valence-electron chi connectivity index (χ3n) is 6.18. The molecule has 0 spiro atoms. The lowest BCUT2D eigenvalue weighted by molar-refractivity contribution is -0.137. The van der Waals surface area contributed by atoms with E-state index in [0.717, 1.165) is 11.6 Å². The largest absolute Gasteiger partial charge is 0.609 e. The number of piperazine rings is 1. The summed E-state index contributed by atoms with van der Waals surface area (Å²) >= 11 is -1.55. The van der Waals surface area contributed by atoms with E-state index in [2.05, 4.69) is 9.97 Å². The van der Waals surface area contributed by atoms with Crippen LogP contribution >= 0.6 is 0 Å². The first-order valence-corrected chi connectivity index (χ1v) is 12.4. The summed E-state index contributed by atoms with van der Waals surface area (Å²) in [5.74, 6) is 0.497. The van der Waals surface area contributed by atoms with Crippen LogP contribution in [0.25, 0.3) is 0 Å². The van der Waals surface area contributed by atoms with Crippen LogP contribution < -0.4 is 9.80 Å². The predicted molar refractivity (Wildman–Crippen MR) is 122 cm³/mol. The summed E-state index contributed by atoms with van der Waals surface area (Å²) < 4.78 is 53.1. The third-order valence-corrected chi connectivity index (χ3v) is 6.88. The lowest BCUT2D eigenvalue weighted by Gasteiger charge is -2.41. The quantitative estimate of drug-likeness (QED) is 0.495. The minimum absolute atomic E-state index is 0.00461. The minimum atomic E-state index is -4.51. The molecule has 13 heteroatoms. The Morgan fingerprint density at radius 1 is 1.26 bits per heavy atom. The van der Waals surface area contributed by atoms with Crippen molar-refractivity contribution in [1.29, 1.82) is 5.26 Å². The molecule has 2 unspecified atom stereocenters. The number of nitrogens with zero attached hydrogens (tertiary/aromatic N) is 6. The molecule has 1 amide bonds. The summed E-state index contributed by atoms with van der Waals surface area (Å²) in [6.45, 7) is 1.07. The van der Waals surface area contributed by atoms with Crippen LogP contribution in [0, 0.1) is 11.3 Å². The highest BCUT2D eigenvalue weighted by molar-refractivity contribution is 7.90. The molecule has 2 atom stereocenters. The van der Waals surface area contributed by atoms with E-state index in [9.17, 15) is 27.6 Å². The van der Waals surface area contributed by atoms with Gasteiger partial charge in [-0.1, -0.05) is 12.1 Å². The molecule has 2 aromatic rings. The van der Waals surface area contributed by atoms with Crippen molar-refractivity contribution in [3.8, 4) is 6.07 Å². The van der Waals surface area contributed by atoms with Gasteiger partial charge in [0.1, 0.15) is 12.1 Å². The average molecular weight is 509 g/mol. The smallest absolute Gasteiger partial charge is 0.418 e. The maximum Gasteiger partial charge on any atom is 0.418 e. The molecular weight excluding hydrogens is 485 g/mol. The van der Waals surface area contributed by atoms with Gasteiger partial charge < -0.3 is 24.4 Å². The molecule has 9 nitrogen and oxygen atoms in total. The molecular formula is C22H23F3N6O3S. The number of benzene rings is 1. The second-order valence-corrected chi connectivity index (χ2v) is 9.61. The topological polar surface area (TPSA) is 120 Å². The van der Waals surface area contributed by atoms with Crippen molar-refractivity contribution in [2.45, 2.75) is 36.8 Å². The summed E-state index contributed by atoms with van der Waals surface area (Å²) in [6.07, 6.45) is -3.83. The van der Waals surface area contributed by atoms with Crippen molar-refractivity contribution in [3.63, 3.8) is 0 Å². The lowest BCUT2D eigenvalue weighted by Crippen LogP contribution is -2.55. The van der Waals surface area contributed by atoms with Crippen molar-refractivity contribution in [1.82, 2.24) is 14.9 Å². The molecule has 4 rings (SSSR count). The zero-order chi connectivity index (χ0) is 25.3. The number of carbonyl (C=O) groups is 1. The molecule has 1 aromatic carbocycles. The molecule has 35 heavy (non-hydrogen) atoms. The molecule has 3 heterocycles. The molecule has 2 aliphatic heterocycles. The Morgan fingerprint density at radius 2 is 2.00 bits per heavy atom. The second kappa shape index (κ2) is 9.79. The fourth-order valence-electron chi connectivity index (χ4n) is 4.55. The number of alkyl halides is 3. The number of fused-ring (bicyclic) bond motifs is 1. The maximum absolute atomic E-state index is 13.6. The lowest BCUT2D eigenvalue weighted by atomic mass is 10.0. The van der Waals surface area contributed by atoms with E-state index in [-0.39, 0.29) is 36.9 Å². The van der Waals surface area contributed by atoms with Gasteiger partial charge in [-0.3, -0.25) is 0 Å². The van der Waals surface area contributed by atoms with Gasteiger partial charge in [-0.25, -0.2) is 4.79 Å². The van der Waals surface area contributed by atoms with Crippen molar-refractivity contribution >= 4 is 28.8 Å². The monoisotopic (exact) mass is 508 g/mol. The van der Waals surface area contributed by atoms with Crippen LogP contribution in [0.4, 0.5) is 29.5 Å². The van der Waals surface area contributed by atoms with E-state index in [1.54, 1.807) is 11.0 Å². The van der Waals surface area contributed by atoms with Gasteiger partial charge in [0.2, 0.25) is 0 Å². The van der Waals surface area contributed by atoms with Gasteiger partial charge in [-0.15, -0.1) is 0 Å². The van der Waals surface area contributed by atoms with Gasteiger partial charge in [-0.05, 0) is 18.6 Å². The number of para-hydroxylation sites is 1. The van der Waals surface area contributed by atoms with Crippen molar-refractivity contribution in [2.75, 3.05) is 42.2 Å². The predicted octanol–water partition coefficient (Wildman–Crippen LogP) is 2.88. The average Bonchev–Trinajstić information content (AvgIpc) is 2.82. The number of hydrogen-bond donors (Lipinski definition) is 1. The van der Waals surface area contributed by atoms with Crippen LogP contribution in [-0.4, -0.2) is 69.1 Å². The van der Waals surface area contributed by atoms with Crippen LogP contribution in [-0.2, 0) is 30.3 Å². The zero-order valence-electron chi connectivity index (χ0n) is 18.8. The summed E-state index contributed by atoms with van der Waals surface area (Å²) in [5.41, 5.74) is 0.538. The summed E-state index contributed by atoms with van der Waals surface area (Å²) in [6, 6.07) is 6.81. The standard InChI is InChI=1S/C22H23F3N6O3S/c1-35(34)20-27-17-13-29(18-5-3-2-4-16(18)22(23,24)25)9-7-15(17)19(28-20)30-10-11-31(21(32)33)14(12-30)6-8-26/h2-5,14H,6-7,9-13H2,1H3,(H,32,33). The van der Waals surface area contributed by atoms with Gasteiger partial charge in [-0.2, -0.15) is 28.4 Å². The molecule has 1 aromatic heterocycles. The number of nitriles is 1. The molecule has 0 bridgehead atoms. The first-order chi connectivity index (χ1) is 16.6. The number of rotatable bonds is 4. The van der Waals surface area contributed by atoms with Gasteiger partial charge in [0, 0.05) is 48.6 Å². The number of halogens is 3. The molecule has 1 saturated heterocycles. The first kappa shape index (κ1) is 24.9. The van der Waals surface area contributed by atoms with Crippen LogP contribution in [0.2, 0.25) is 0 Å². The van der Waals surface area contributed by atoms with Gasteiger partial charge in [0.05, 0.1) is 36.3 Å². The van der Waals surface area contributed by atoms with E-state index in [1.807, 2.05) is 11.0 Å². The molecule has 0 aliphatic carbocycles. The molecule has 0 saturated carbocycles. The Morgan fingerprint density at radius 3 is 2.66 bits per heavy atom. The third kappa shape index (κ3) is 5.08. The van der Waals surface area contributed by atoms with E-state index in [0.29, 0.717) is 31.0 Å². The molecule has 2 aliphatic rings. The number of hydrogen-bond acceptors (Lipinski definition) is 7. The van der Waals surface area contributed by atoms with Crippen LogP contribution in [0.5, 0.6) is 0 Å². The molecule has 1 N–H and O–H groups in total. The second-order valence-electron chi connectivity index (χ2n) is 8.33. The number of anilines is 2. The zero-order valence-corrected chi connectivity index (χ0v) is 19.6. The Hall–Kier alpha value is -3.24. The molecule has 186 valence electrons. The summed E-state index contributed by atoms with van der Waals surface area (Å²) in [5, 5.41) is 18.7. The summed E-state index contributed by atoms with van der Waals surface area (Å²) in [4.78, 5) is 25.2. The number of amides is 1. The van der Waals surface area contributed by atoms with Crippen molar-refractivity contribution in [3.05, 3.63) is 41.1 Å². The highest BCUT2D eigenvalue weighted by Crippen LogP contribution is 2.39. The Labute approximate surface area is 203 Å². The summed E-state index contributed by atoms with van der Waals surface area (Å²) in [7, 11) is 0. The minimum Gasteiger partial charge on any atom is -0.609 e. The fraction of sp³-hybridized carbons (Fsp3) is 0.455. The Kier molecular flexibility index (Phi) is 6.95. The van der Waals surface area contributed by atoms with E-state index < -0.39 is 35.1 Å². The number of aromatic nitrogens is 2.